The number of nitrogens with zero attached hydrogens (tertiary/aromatic N) is 1. The highest BCUT2D eigenvalue weighted by molar-refractivity contribution is 6.42. The number of carbonyl (C=O) groups is 1. The van der Waals surface area contributed by atoms with Crippen molar-refractivity contribution >= 4 is 40.1 Å². The van der Waals surface area contributed by atoms with Gasteiger partial charge in [-0.15, -0.1) is 0 Å². The number of aromatic nitrogens is 1. The molecule has 0 fully saturated rings. The van der Waals surface area contributed by atoms with Crippen molar-refractivity contribution < 1.29 is 14.3 Å². The van der Waals surface area contributed by atoms with E-state index in [1.807, 2.05) is 6.07 Å². The van der Waals surface area contributed by atoms with Gasteiger partial charge in [-0.1, -0.05) is 35.3 Å². The van der Waals surface area contributed by atoms with Crippen molar-refractivity contribution in [2.75, 3.05) is 13.7 Å². The minimum Gasteiger partial charge on any atom is -0.497 e. The number of fused-ring (bicyclic) bond motifs is 1. The monoisotopic (exact) mass is 419 g/mol. The lowest BCUT2D eigenvalue weighted by Gasteiger charge is -2.14. The molecule has 0 atom stereocenters. The third kappa shape index (κ3) is 4.16. The van der Waals surface area contributed by atoms with Crippen molar-refractivity contribution in [3.63, 3.8) is 0 Å². The number of halogens is 2. The molecule has 5 nitrogen and oxygen atoms in total. The van der Waals surface area contributed by atoms with Crippen LogP contribution < -0.4 is 10.2 Å². The van der Waals surface area contributed by atoms with E-state index in [4.69, 9.17) is 32.7 Å². The number of hydrogen-bond donors (Lipinski definition) is 0. The maximum absolute atomic E-state index is 13.1. The standard InChI is InChI=1S/C21H19Cl2NO4/c1-3-28-19(25)12-24-11-14(9-13-5-4-6-17(22)20(13)23)21(26)16-10-15(27-2)7-8-18(16)24/h4-8,10-11H,3,9,12H2,1-2H3. The Kier molecular flexibility index (Phi) is 6.27. The highest BCUT2D eigenvalue weighted by atomic mass is 35.5. The smallest absolute Gasteiger partial charge is 0.325 e. The average Bonchev–Trinajstić information content (AvgIpc) is 2.68. The van der Waals surface area contributed by atoms with E-state index >= 15 is 0 Å². The van der Waals surface area contributed by atoms with E-state index in [1.165, 1.54) is 7.11 Å². The molecule has 1 aromatic heterocycles. The number of pyridine rings is 1. The Morgan fingerprint density at radius 3 is 2.64 bits per heavy atom. The molecule has 0 radical (unpaired) electrons. The predicted octanol–water partition coefficient (Wildman–Crippen LogP) is 4.47. The van der Waals surface area contributed by atoms with Gasteiger partial charge in [-0.05, 0) is 36.8 Å². The van der Waals surface area contributed by atoms with Crippen LogP contribution in [-0.2, 0) is 22.5 Å². The molecule has 0 spiro atoms. The maximum Gasteiger partial charge on any atom is 0.325 e. The first-order valence-corrected chi connectivity index (χ1v) is 9.48. The molecule has 0 aliphatic rings. The molecule has 0 bridgehead atoms. The van der Waals surface area contributed by atoms with Gasteiger partial charge in [0.2, 0.25) is 0 Å². The third-order valence-corrected chi connectivity index (χ3v) is 5.24. The Labute approximate surface area is 172 Å². The molecule has 0 unspecified atom stereocenters. The summed E-state index contributed by atoms with van der Waals surface area (Å²) in [5.41, 5.74) is 1.70. The first-order valence-electron chi connectivity index (χ1n) is 8.73. The van der Waals surface area contributed by atoms with Gasteiger partial charge in [-0.25, -0.2) is 0 Å². The second kappa shape index (κ2) is 8.67. The molecule has 3 rings (SSSR count). The molecule has 1 heterocycles. The Morgan fingerprint density at radius 1 is 1.14 bits per heavy atom. The molecule has 0 aliphatic carbocycles. The molecule has 28 heavy (non-hydrogen) atoms. The summed E-state index contributed by atoms with van der Waals surface area (Å²) in [5.74, 6) is 0.181. The van der Waals surface area contributed by atoms with Gasteiger partial charge in [-0.3, -0.25) is 9.59 Å². The van der Waals surface area contributed by atoms with Crippen molar-refractivity contribution in [1.82, 2.24) is 4.57 Å². The number of carbonyl (C=O) groups excluding carboxylic acids is 1. The first kappa shape index (κ1) is 20.2. The van der Waals surface area contributed by atoms with Crippen LogP contribution in [0.5, 0.6) is 5.75 Å². The summed E-state index contributed by atoms with van der Waals surface area (Å²) in [7, 11) is 1.54. The summed E-state index contributed by atoms with van der Waals surface area (Å²) in [4.78, 5) is 25.1. The van der Waals surface area contributed by atoms with Crippen molar-refractivity contribution in [3.8, 4) is 5.75 Å². The molecule has 0 aliphatic heterocycles. The Balaban J connectivity index is 2.15. The quantitative estimate of drug-likeness (QED) is 0.553. The van der Waals surface area contributed by atoms with Gasteiger partial charge in [0.1, 0.15) is 12.3 Å². The molecule has 146 valence electrons. The molecular weight excluding hydrogens is 401 g/mol. The summed E-state index contributed by atoms with van der Waals surface area (Å²) in [6.07, 6.45) is 1.96. The van der Waals surface area contributed by atoms with Crippen LogP contribution in [0.2, 0.25) is 10.0 Å². The lowest BCUT2D eigenvalue weighted by atomic mass is 10.0. The molecule has 0 amide bonds. The van der Waals surface area contributed by atoms with Crippen LogP contribution in [0, 0.1) is 0 Å². The van der Waals surface area contributed by atoms with Gasteiger partial charge in [0.05, 0.1) is 29.3 Å². The summed E-state index contributed by atoms with van der Waals surface area (Å²) in [6, 6.07) is 10.5. The largest absolute Gasteiger partial charge is 0.497 e. The van der Waals surface area contributed by atoms with Crippen LogP contribution in [0.4, 0.5) is 0 Å². The van der Waals surface area contributed by atoms with E-state index < -0.39 is 0 Å². The zero-order valence-electron chi connectivity index (χ0n) is 15.5. The topological polar surface area (TPSA) is 57.5 Å². The molecule has 0 saturated carbocycles. The fourth-order valence-corrected chi connectivity index (χ4v) is 3.44. The summed E-state index contributed by atoms with van der Waals surface area (Å²) >= 11 is 12.4. The lowest BCUT2D eigenvalue weighted by molar-refractivity contribution is -0.143. The summed E-state index contributed by atoms with van der Waals surface area (Å²) in [5, 5.41) is 1.29. The van der Waals surface area contributed by atoms with Crippen molar-refractivity contribution in [1.29, 1.82) is 0 Å². The van der Waals surface area contributed by atoms with Crippen LogP contribution >= 0.6 is 23.2 Å². The Bertz CT molecular complexity index is 1090. The second-order valence-corrected chi connectivity index (χ2v) is 6.97. The highest BCUT2D eigenvalue weighted by Gasteiger charge is 2.15. The van der Waals surface area contributed by atoms with E-state index in [9.17, 15) is 9.59 Å². The van der Waals surface area contributed by atoms with Crippen molar-refractivity contribution in [3.05, 3.63) is 74.0 Å². The number of benzene rings is 2. The van der Waals surface area contributed by atoms with Gasteiger partial charge in [-0.2, -0.15) is 0 Å². The van der Waals surface area contributed by atoms with E-state index in [1.54, 1.807) is 48.0 Å². The fraction of sp³-hybridized carbons (Fsp3) is 0.238. The second-order valence-electron chi connectivity index (χ2n) is 6.19. The Hall–Kier alpha value is -2.50. The van der Waals surface area contributed by atoms with E-state index in [0.717, 1.165) is 5.56 Å². The number of ether oxygens (including phenoxy) is 2. The normalized spacial score (nSPS) is 10.9. The lowest BCUT2D eigenvalue weighted by Crippen LogP contribution is -2.19. The van der Waals surface area contributed by atoms with Gasteiger partial charge >= 0.3 is 5.97 Å². The van der Waals surface area contributed by atoms with Gasteiger partial charge in [0, 0.05) is 23.6 Å². The van der Waals surface area contributed by atoms with E-state index in [0.29, 0.717) is 32.3 Å². The average molecular weight is 420 g/mol. The van der Waals surface area contributed by atoms with Crippen molar-refractivity contribution in [2.45, 2.75) is 19.9 Å². The van der Waals surface area contributed by atoms with Gasteiger partial charge in [0.15, 0.2) is 5.43 Å². The molecule has 0 saturated heterocycles. The summed E-state index contributed by atoms with van der Waals surface area (Å²) in [6.45, 7) is 2.03. The number of esters is 1. The molecular formula is C21H19Cl2NO4. The van der Waals surface area contributed by atoms with Crippen LogP contribution in [0.25, 0.3) is 10.9 Å². The summed E-state index contributed by atoms with van der Waals surface area (Å²) < 4.78 is 12.0. The number of methoxy groups -OCH3 is 1. The zero-order valence-corrected chi connectivity index (χ0v) is 17.0. The van der Waals surface area contributed by atoms with Crippen LogP contribution in [0.15, 0.2) is 47.4 Å². The zero-order chi connectivity index (χ0) is 20.3. The molecule has 3 aromatic rings. The SMILES string of the molecule is CCOC(=O)Cn1cc(Cc2cccc(Cl)c2Cl)c(=O)c2cc(OC)ccc21. The van der Waals surface area contributed by atoms with Gasteiger partial charge in [0.25, 0.3) is 0 Å². The predicted molar refractivity (Wildman–Crippen MR) is 111 cm³/mol. The molecule has 0 N–H and O–H groups in total. The minimum absolute atomic E-state index is 0.00672. The van der Waals surface area contributed by atoms with Crippen LogP contribution in [0.3, 0.4) is 0 Å². The number of rotatable bonds is 6. The Morgan fingerprint density at radius 2 is 1.93 bits per heavy atom. The van der Waals surface area contributed by atoms with Crippen LogP contribution in [-0.4, -0.2) is 24.3 Å². The maximum atomic E-state index is 13.1. The molecule has 7 heteroatoms. The third-order valence-electron chi connectivity index (χ3n) is 4.38. The molecule has 2 aromatic carbocycles. The van der Waals surface area contributed by atoms with Crippen molar-refractivity contribution in [2.24, 2.45) is 0 Å². The number of hydrogen-bond acceptors (Lipinski definition) is 4. The first-order chi connectivity index (χ1) is 13.4. The fourth-order valence-electron chi connectivity index (χ4n) is 3.06. The van der Waals surface area contributed by atoms with Crippen LogP contribution in [0.1, 0.15) is 18.1 Å². The highest BCUT2D eigenvalue weighted by Crippen LogP contribution is 2.27. The minimum atomic E-state index is -0.380. The van der Waals surface area contributed by atoms with Gasteiger partial charge < -0.3 is 14.0 Å². The van der Waals surface area contributed by atoms with E-state index in [-0.39, 0.29) is 31.0 Å². The van der Waals surface area contributed by atoms with E-state index in [2.05, 4.69) is 0 Å².